The molecule has 0 atom stereocenters. The maximum absolute atomic E-state index is 13.1. The Bertz CT molecular complexity index is 1320. The number of likely N-dealkylation sites (tertiary alicyclic amines) is 1. The number of aromatic nitrogens is 6. The number of pyridine rings is 2. The average Bonchev–Trinajstić information content (AvgIpc) is 3.29. The van der Waals surface area contributed by atoms with E-state index in [4.69, 9.17) is 0 Å². The van der Waals surface area contributed by atoms with Crippen LogP contribution in [0.3, 0.4) is 0 Å². The van der Waals surface area contributed by atoms with Crippen LogP contribution in [0.2, 0.25) is 0 Å². The van der Waals surface area contributed by atoms with Gasteiger partial charge in [0.15, 0.2) is 17.3 Å². The van der Waals surface area contributed by atoms with Gasteiger partial charge in [-0.3, -0.25) is 19.3 Å². The molecule has 31 heavy (non-hydrogen) atoms. The molecule has 0 N–H and O–H groups in total. The van der Waals surface area contributed by atoms with E-state index < -0.39 is 0 Å². The minimum absolute atomic E-state index is 0.132. The Labute approximate surface area is 178 Å². The Balaban J connectivity index is 1.41. The fourth-order valence-electron chi connectivity index (χ4n) is 3.72. The van der Waals surface area contributed by atoms with Gasteiger partial charge < -0.3 is 4.90 Å². The number of hydrogen-bond donors (Lipinski definition) is 0. The molecule has 0 saturated carbocycles. The van der Waals surface area contributed by atoms with Gasteiger partial charge in [0.25, 0.3) is 5.91 Å². The summed E-state index contributed by atoms with van der Waals surface area (Å²) in [4.78, 5) is 36.2. The largest absolute Gasteiger partial charge is 0.338 e. The predicted molar refractivity (Wildman–Crippen MR) is 113 cm³/mol. The number of fused-ring (bicyclic) bond motifs is 1. The Morgan fingerprint density at radius 1 is 1.16 bits per heavy atom. The minimum atomic E-state index is -0.155. The fraction of sp³-hybridized carbons (Fsp3) is 0.273. The zero-order valence-electron chi connectivity index (χ0n) is 17.3. The Morgan fingerprint density at radius 2 is 2.00 bits per heavy atom. The van der Waals surface area contributed by atoms with Crippen molar-refractivity contribution in [3.05, 3.63) is 65.4 Å². The Morgan fingerprint density at radius 3 is 2.74 bits per heavy atom. The van der Waals surface area contributed by atoms with E-state index in [1.165, 1.54) is 10.9 Å². The first-order valence-corrected chi connectivity index (χ1v) is 10.1. The van der Waals surface area contributed by atoms with Gasteiger partial charge in [0.2, 0.25) is 0 Å². The van der Waals surface area contributed by atoms with Crippen molar-refractivity contribution in [2.45, 2.75) is 19.8 Å². The molecule has 0 aliphatic carbocycles. The number of aryl methyl sites for hydroxylation is 2. The molecule has 5 rings (SSSR count). The minimum Gasteiger partial charge on any atom is -0.338 e. The van der Waals surface area contributed by atoms with Crippen LogP contribution in [0.5, 0.6) is 0 Å². The lowest BCUT2D eigenvalue weighted by Gasteiger charge is -2.30. The van der Waals surface area contributed by atoms with E-state index in [0.717, 1.165) is 36.3 Å². The zero-order valence-corrected chi connectivity index (χ0v) is 17.3. The van der Waals surface area contributed by atoms with Crippen LogP contribution in [0.1, 0.15) is 38.5 Å². The number of amides is 1. The zero-order chi connectivity index (χ0) is 21.5. The van der Waals surface area contributed by atoms with Crippen LogP contribution >= 0.6 is 0 Å². The van der Waals surface area contributed by atoms with Crippen molar-refractivity contribution in [2.75, 3.05) is 13.1 Å². The molecule has 1 aliphatic rings. The second kappa shape index (κ2) is 7.42. The van der Waals surface area contributed by atoms with Crippen molar-refractivity contribution in [3.63, 3.8) is 0 Å². The van der Waals surface area contributed by atoms with Crippen molar-refractivity contribution in [3.8, 4) is 11.4 Å². The Kier molecular flexibility index (Phi) is 4.58. The highest BCUT2D eigenvalue weighted by Gasteiger charge is 2.28. The van der Waals surface area contributed by atoms with Gasteiger partial charge >= 0.3 is 0 Å². The van der Waals surface area contributed by atoms with Crippen LogP contribution in [0.25, 0.3) is 17.0 Å². The predicted octanol–water partition coefficient (Wildman–Crippen LogP) is 2.10. The van der Waals surface area contributed by atoms with Gasteiger partial charge in [-0.15, -0.1) is 5.10 Å². The molecule has 1 saturated heterocycles. The lowest BCUT2D eigenvalue weighted by molar-refractivity contribution is 0.0647. The summed E-state index contributed by atoms with van der Waals surface area (Å²) >= 11 is 0. The molecule has 5 heterocycles. The molecule has 1 aliphatic heterocycles. The molecule has 4 aromatic heterocycles. The van der Waals surface area contributed by atoms with Crippen LogP contribution in [-0.4, -0.2) is 59.0 Å². The normalized spacial score (nSPS) is 13.4. The number of carbonyl (C=O) groups is 2. The van der Waals surface area contributed by atoms with Crippen molar-refractivity contribution >= 4 is 17.3 Å². The van der Waals surface area contributed by atoms with E-state index in [1.807, 2.05) is 31.2 Å². The molecule has 0 radical (unpaired) electrons. The quantitative estimate of drug-likeness (QED) is 0.463. The van der Waals surface area contributed by atoms with Gasteiger partial charge in [0.05, 0.1) is 11.8 Å². The molecule has 0 unspecified atom stereocenters. The second-order valence-electron chi connectivity index (χ2n) is 7.74. The van der Waals surface area contributed by atoms with Crippen LogP contribution in [0.4, 0.5) is 0 Å². The van der Waals surface area contributed by atoms with E-state index in [2.05, 4.69) is 20.2 Å². The maximum atomic E-state index is 13.1. The maximum Gasteiger partial charge on any atom is 0.257 e. The third kappa shape index (κ3) is 3.48. The molecular formula is C22H21N7O2. The lowest BCUT2D eigenvalue weighted by atomic mass is 10.0. The van der Waals surface area contributed by atoms with Gasteiger partial charge in [0.1, 0.15) is 5.69 Å². The summed E-state index contributed by atoms with van der Waals surface area (Å²) in [6.07, 6.45) is 6.14. The number of ketones is 1. The summed E-state index contributed by atoms with van der Waals surface area (Å²) < 4.78 is 3.16. The van der Waals surface area contributed by atoms with Gasteiger partial charge in [-0.1, -0.05) is 0 Å². The number of hydrogen-bond acceptors (Lipinski definition) is 6. The van der Waals surface area contributed by atoms with Crippen molar-refractivity contribution in [2.24, 2.45) is 7.05 Å². The smallest absolute Gasteiger partial charge is 0.257 e. The van der Waals surface area contributed by atoms with Gasteiger partial charge in [-0.25, -0.2) is 9.50 Å². The number of carbonyl (C=O) groups excluding carboxylic acids is 2. The molecule has 156 valence electrons. The highest BCUT2D eigenvalue weighted by atomic mass is 16.2. The summed E-state index contributed by atoms with van der Waals surface area (Å²) in [7, 11) is 1.69. The molecule has 0 bridgehead atoms. The van der Waals surface area contributed by atoms with E-state index >= 15 is 0 Å². The molecular weight excluding hydrogens is 394 g/mol. The van der Waals surface area contributed by atoms with Gasteiger partial charge in [-0.2, -0.15) is 5.10 Å². The van der Waals surface area contributed by atoms with Crippen LogP contribution in [0.15, 0.2) is 42.9 Å². The molecule has 4 aromatic rings. The van der Waals surface area contributed by atoms with E-state index in [9.17, 15) is 9.59 Å². The SMILES string of the molecule is Cc1cc(-c2nc3cc(CC(=O)c4c(C(=O)N5CCC5)cnn4C)ccn3n2)ccn1. The van der Waals surface area contributed by atoms with E-state index in [0.29, 0.717) is 22.7 Å². The fourth-order valence-corrected chi connectivity index (χ4v) is 3.72. The first-order valence-electron chi connectivity index (χ1n) is 10.1. The Hall–Kier alpha value is -3.88. The summed E-state index contributed by atoms with van der Waals surface area (Å²) in [6.45, 7) is 3.37. The summed E-state index contributed by atoms with van der Waals surface area (Å²) in [5.41, 5.74) is 3.93. The van der Waals surface area contributed by atoms with Gasteiger partial charge in [0, 0.05) is 50.2 Å². The molecule has 9 nitrogen and oxygen atoms in total. The van der Waals surface area contributed by atoms with Crippen molar-refractivity contribution < 1.29 is 9.59 Å². The van der Waals surface area contributed by atoms with Crippen LogP contribution in [-0.2, 0) is 13.5 Å². The summed E-state index contributed by atoms with van der Waals surface area (Å²) in [5, 5.41) is 8.66. The highest BCUT2D eigenvalue weighted by Crippen LogP contribution is 2.20. The third-order valence-electron chi connectivity index (χ3n) is 5.50. The third-order valence-corrected chi connectivity index (χ3v) is 5.50. The van der Waals surface area contributed by atoms with Crippen molar-refractivity contribution in [1.82, 2.24) is 34.3 Å². The first kappa shape index (κ1) is 19.1. The summed E-state index contributed by atoms with van der Waals surface area (Å²) in [5.74, 6) is 0.314. The second-order valence-corrected chi connectivity index (χ2v) is 7.74. The molecule has 1 amide bonds. The average molecular weight is 415 g/mol. The first-order chi connectivity index (χ1) is 15.0. The monoisotopic (exact) mass is 415 g/mol. The lowest BCUT2D eigenvalue weighted by Crippen LogP contribution is -2.42. The number of Topliss-reactive ketones (excluding diaryl/α,β-unsaturated/α-hetero) is 1. The van der Waals surface area contributed by atoms with Crippen LogP contribution in [0, 0.1) is 6.92 Å². The van der Waals surface area contributed by atoms with Gasteiger partial charge in [-0.05, 0) is 43.2 Å². The summed E-state index contributed by atoms with van der Waals surface area (Å²) in [6, 6.07) is 7.48. The topological polar surface area (TPSA) is 98.3 Å². The van der Waals surface area contributed by atoms with Crippen molar-refractivity contribution in [1.29, 1.82) is 0 Å². The van der Waals surface area contributed by atoms with E-state index in [1.54, 1.807) is 28.9 Å². The molecule has 1 fully saturated rings. The number of nitrogens with zero attached hydrogens (tertiary/aromatic N) is 7. The standard InChI is InChI=1S/C22H21N7O2/c1-14-10-16(4-6-23-14)21-25-19-12-15(5-9-29(19)26-21)11-18(30)20-17(13-24-27(20)2)22(31)28-7-3-8-28/h4-6,9-10,12-13H,3,7-8,11H2,1-2H3. The molecule has 0 aromatic carbocycles. The number of rotatable bonds is 5. The molecule has 9 heteroatoms. The molecule has 0 spiro atoms. The highest BCUT2D eigenvalue weighted by molar-refractivity contribution is 6.07. The van der Waals surface area contributed by atoms with E-state index in [-0.39, 0.29) is 18.1 Å². The van der Waals surface area contributed by atoms with Crippen LogP contribution < -0.4 is 0 Å².